The molecule has 0 saturated heterocycles. The maximum atomic E-state index is 4.14. The summed E-state index contributed by atoms with van der Waals surface area (Å²) in [6.45, 7) is 3.96. The number of rotatable bonds is 0. The van der Waals surface area contributed by atoms with Crippen LogP contribution in [0, 0.1) is 0 Å². The molecule has 1 aliphatic rings. The Kier molecular flexibility index (Phi) is 1.97. The van der Waals surface area contributed by atoms with Crippen LogP contribution in [-0.4, -0.2) is 17.5 Å². The van der Waals surface area contributed by atoms with Gasteiger partial charge in [0, 0.05) is 0 Å². The quantitative estimate of drug-likeness (QED) is 0.425. The summed E-state index contributed by atoms with van der Waals surface area (Å²) in [5.74, 6) is 0.946. The normalized spacial score (nSPS) is 35.2. The minimum atomic E-state index is -0.0405. The van der Waals surface area contributed by atoms with Gasteiger partial charge in [-0.2, -0.15) is 0 Å². The third kappa shape index (κ3) is 1.87. The summed E-state index contributed by atoms with van der Waals surface area (Å²) in [5, 5.41) is 6.17. The first-order chi connectivity index (χ1) is 4.18. The van der Waals surface area contributed by atoms with Crippen LogP contribution in [0.25, 0.3) is 0 Å². The number of nitrogens with zero attached hydrogens (tertiary/aromatic N) is 1. The molecular weight excluding hydrogens is 134 g/mol. The summed E-state index contributed by atoms with van der Waals surface area (Å²) in [7, 11) is 0. The van der Waals surface area contributed by atoms with Gasteiger partial charge >= 0.3 is 0 Å². The van der Waals surface area contributed by atoms with Crippen molar-refractivity contribution < 1.29 is 0 Å². The predicted molar refractivity (Wildman–Crippen MR) is 41.6 cm³/mol. The third-order valence-electron chi connectivity index (χ3n) is 1.14. The fraction of sp³-hybridized carbons (Fsp3) is 0.800. The number of amidine groups is 1. The van der Waals surface area contributed by atoms with E-state index in [0.717, 1.165) is 5.84 Å². The SMILES string of the molecule is CC1=NC(S)NC(C)N1. The highest BCUT2D eigenvalue weighted by Crippen LogP contribution is 1.98. The van der Waals surface area contributed by atoms with Gasteiger partial charge in [0.2, 0.25) is 0 Å². The van der Waals surface area contributed by atoms with E-state index < -0.39 is 0 Å². The summed E-state index contributed by atoms with van der Waals surface area (Å²) in [4.78, 5) is 4.09. The Labute approximate surface area is 60.3 Å². The lowest BCUT2D eigenvalue weighted by Gasteiger charge is -2.24. The van der Waals surface area contributed by atoms with Crippen LogP contribution < -0.4 is 10.6 Å². The van der Waals surface area contributed by atoms with E-state index in [9.17, 15) is 0 Å². The first-order valence-corrected chi connectivity index (χ1v) is 3.45. The summed E-state index contributed by atoms with van der Waals surface area (Å²) < 4.78 is 0. The van der Waals surface area contributed by atoms with Crippen LogP contribution in [0.3, 0.4) is 0 Å². The van der Waals surface area contributed by atoms with Crippen molar-refractivity contribution in [3.63, 3.8) is 0 Å². The molecule has 0 fully saturated rings. The first-order valence-electron chi connectivity index (χ1n) is 2.93. The number of hydrogen-bond acceptors (Lipinski definition) is 4. The van der Waals surface area contributed by atoms with Crippen LogP contribution >= 0.6 is 12.6 Å². The maximum Gasteiger partial charge on any atom is 0.147 e. The molecule has 52 valence electrons. The Morgan fingerprint density at radius 1 is 1.67 bits per heavy atom. The average molecular weight is 145 g/mol. The molecule has 0 aromatic carbocycles. The van der Waals surface area contributed by atoms with Crippen LogP contribution in [0.5, 0.6) is 0 Å². The molecule has 0 radical (unpaired) electrons. The van der Waals surface area contributed by atoms with Crippen molar-refractivity contribution in [2.24, 2.45) is 4.99 Å². The van der Waals surface area contributed by atoms with Gasteiger partial charge in [0.1, 0.15) is 5.50 Å². The Morgan fingerprint density at radius 2 is 2.33 bits per heavy atom. The highest BCUT2D eigenvalue weighted by molar-refractivity contribution is 7.80. The lowest BCUT2D eigenvalue weighted by atomic mass is 10.5. The van der Waals surface area contributed by atoms with Crippen LogP contribution in [0.4, 0.5) is 0 Å². The Balaban J connectivity index is 2.56. The molecule has 1 heterocycles. The summed E-state index contributed by atoms with van der Waals surface area (Å²) in [5.41, 5.74) is -0.0405. The van der Waals surface area contributed by atoms with Crippen LogP contribution in [0.2, 0.25) is 0 Å². The summed E-state index contributed by atoms with van der Waals surface area (Å²) in [6.07, 6.45) is 0.282. The van der Waals surface area contributed by atoms with Gasteiger partial charge in [0.15, 0.2) is 0 Å². The van der Waals surface area contributed by atoms with E-state index in [2.05, 4.69) is 28.3 Å². The third-order valence-corrected chi connectivity index (χ3v) is 1.40. The largest absolute Gasteiger partial charge is 0.359 e. The molecule has 1 rings (SSSR count). The Morgan fingerprint density at radius 3 is 2.78 bits per heavy atom. The second-order valence-electron chi connectivity index (χ2n) is 2.12. The van der Waals surface area contributed by atoms with Crippen molar-refractivity contribution in [3.05, 3.63) is 0 Å². The predicted octanol–water partition coefficient (Wildman–Crippen LogP) is 0.157. The van der Waals surface area contributed by atoms with E-state index in [0.29, 0.717) is 0 Å². The van der Waals surface area contributed by atoms with Gasteiger partial charge in [-0.3, -0.25) is 5.32 Å². The van der Waals surface area contributed by atoms with Gasteiger partial charge in [0.05, 0.1) is 12.0 Å². The minimum absolute atomic E-state index is 0.0405. The molecule has 0 saturated carbocycles. The van der Waals surface area contributed by atoms with E-state index in [1.165, 1.54) is 0 Å². The topological polar surface area (TPSA) is 36.4 Å². The van der Waals surface area contributed by atoms with Crippen molar-refractivity contribution in [2.75, 3.05) is 0 Å². The Hall–Kier alpha value is -0.220. The molecule has 0 spiro atoms. The van der Waals surface area contributed by atoms with E-state index in [4.69, 9.17) is 0 Å². The average Bonchev–Trinajstić information content (AvgIpc) is 1.59. The molecule has 0 aromatic heterocycles. The van der Waals surface area contributed by atoms with Crippen LogP contribution in [-0.2, 0) is 0 Å². The molecule has 0 aromatic rings. The van der Waals surface area contributed by atoms with Crippen molar-refractivity contribution in [3.8, 4) is 0 Å². The lowest BCUT2D eigenvalue weighted by molar-refractivity contribution is 0.486. The van der Waals surface area contributed by atoms with Gasteiger partial charge in [-0.05, 0) is 13.8 Å². The zero-order chi connectivity index (χ0) is 6.85. The number of aliphatic imine (C=N–C) groups is 1. The highest BCUT2D eigenvalue weighted by Gasteiger charge is 2.11. The van der Waals surface area contributed by atoms with Gasteiger partial charge < -0.3 is 5.32 Å². The first kappa shape index (κ1) is 6.89. The number of thiol groups is 1. The zero-order valence-electron chi connectivity index (χ0n) is 5.55. The van der Waals surface area contributed by atoms with E-state index in [-0.39, 0.29) is 11.7 Å². The molecule has 9 heavy (non-hydrogen) atoms. The molecule has 0 aliphatic carbocycles. The monoisotopic (exact) mass is 145 g/mol. The molecule has 2 unspecified atom stereocenters. The lowest BCUT2D eigenvalue weighted by Crippen LogP contribution is -2.49. The standard InChI is InChI=1S/C5H11N3S/c1-3-6-4(2)8-5(9)7-3/h3,5,7,9H,1-2H3,(H,6,8). The van der Waals surface area contributed by atoms with Crippen molar-refractivity contribution in [2.45, 2.75) is 25.5 Å². The second-order valence-corrected chi connectivity index (χ2v) is 2.61. The van der Waals surface area contributed by atoms with Gasteiger partial charge in [-0.15, -0.1) is 12.6 Å². The molecule has 0 bridgehead atoms. The van der Waals surface area contributed by atoms with E-state index in [1.807, 2.05) is 13.8 Å². The maximum absolute atomic E-state index is 4.14. The van der Waals surface area contributed by atoms with E-state index in [1.54, 1.807) is 0 Å². The van der Waals surface area contributed by atoms with Crippen molar-refractivity contribution in [1.29, 1.82) is 0 Å². The molecule has 4 heteroatoms. The van der Waals surface area contributed by atoms with Gasteiger partial charge in [-0.25, -0.2) is 4.99 Å². The fourth-order valence-electron chi connectivity index (χ4n) is 0.837. The molecular formula is C5H11N3S. The molecule has 1 aliphatic heterocycles. The number of nitrogens with one attached hydrogen (secondary N) is 2. The smallest absolute Gasteiger partial charge is 0.147 e. The van der Waals surface area contributed by atoms with E-state index >= 15 is 0 Å². The Bertz CT molecular complexity index is 134. The van der Waals surface area contributed by atoms with Crippen LogP contribution in [0.1, 0.15) is 13.8 Å². The molecule has 2 atom stereocenters. The number of hydrogen-bond donors (Lipinski definition) is 3. The minimum Gasteiger partial charge on any atom is -0.359 e. The zero-order valence-corrected chi connectivity index (χ0v) is 6.44. The highest BCUT2D eigenvalue weighted by atomic mass is 32.1. The molecule has 2 N–H and O–H groups in total. The molecule has 3 nitrogen and oxygen atoms in total. The van der Waals surface area contributed by atoms with Gasteiger partial charge in [0.25, 0.3) is 0 Å². The fourth-order valence-corrected chi connectivity index (χ4v) is 1.23. The van der Waals surface area contributed by atoms with Crippen molar-refractivity contribution >= 4 is 18.5 Å². The molecule has 0 amide bonds. The summed E-state index contributed by atoms with van der Waals surface area (Å²) in [6, 6.07) is 0. The summed E-state index contributed by atoms with van der Waals surface area (Å²) >= 11 is 4.14. The van der Waals surface area contributed by atoms with Crippen molar-refractivity contribution in [1.82, 2.24) is 10.6 Å². The van der Waals surface area contributed by atoms with Gasteiger partial charge in [-0.1, -0.05) is 0 Å². The van der Waals surface area contributed by atoms with Crippen LogP contribution in [0.15, 0.2) is 4.99 Å². The second kappa shape index (κ2) is 2.58.